The van der Waals surface area contributed by atoms with Crippen LogP contribution in [0.15, 0.2) is 18.2 Å². The molecule has 1 N–H and O–H groups in total. The molecule has 3 aliphatic rings. The Bertz CT molecular complexity index is 724. The van der Waals surface area contributed by atoms with Crippen molar-refractivity contribution < 1.29 is 9.53 Å². The number of hydrogen-bond acceptors (Lipinski definition) is 4. The number of morpholine rings is 1. The fourth-order valence-corrected chi connectivity index (χ4v) is 5.33. The highest BCUT2D eigenvalue weighted by Crippen LogP contribution is 2.30. The van der Waals surface area contributed by atoms with E-state index >= 15 is 0 Å². The molecule has 6 nitrogen and oxygen atoms in total. The van der Waals surface area contributed by atoms with E-state index in [4.69, 9.17) is 16.3 Å². The Hall–Kier alpha value is -1.50. The number of carbonyl (C=O) groups is 1. The number of ether oxygens (including phenoxy) is 1. The zero-order chi connectivity index (χ0) is 21.6. The molecule has 31 heavy (non-hydrogen) atoms. The molecule has 0 atom stereocenters. The third-order valence-corrected chi connectivity index (χ3v) is 7.70. The zero-order valence-electron chi connectivity index (χ0n) is 18.8. The molecular formula is C24H37ClN4O2. The van der Waals surface area contributed by atoms with Crippen molar-refractivity contribution in [3.05, 3.63) is 28.8 Å². The summed E-state index contributed by atoms with van der Waals surface area (Å²) in [6.45, 7) is 10.3. The van der Waals surface area contributed by atoms with E-state index in [9.17, 15) is 4.79 Å². The van der Waals surface area contributed by atoms with Gasteiger partial charge in [-0.1, -0.05) is 23.7 Å². The van der Waals surface area contributed by atoms with Crippen LogP contribution in [0.1, 0.15) is 37.7 Å². The summed E-state index contributed by atoms with van der Waals surface area (Å²) in [4.78, 5) is 19.3. The molecule has 2 amide bonds. The van der Waals surface area contributed by atoms with Crippen molar-refractivity contribution in [1.82, 2.24) is 15.1 Å². The average Bonchev–Trinajstić information content (AvgIpc) is 2.81. The summed E-state index contributed by atoms with van der Waals surface area (Å²) in [7, 11) is 0. The van der Waals surface area contributed by atoms with Crippen LogP contribution in [0, 0.1) is 12.8 Å². The van der Waals surface area contributed by atoms with E-state index < -0.39 is 0 Å². The van der Waals surface area contributed by atoms with Crippen molar-refractivity contribution in [2.24, 2.45) is 5.92 Å². The largest absolute Gasteiger partial charge is 0.378 e. The van der Waals surface area contributed by atoms with E-state index in [2.05, 4.69) is 40.2 Å². The van der Waals surface area contributed by atoms with Gasteiger partial charge in [-0.15, -0.1) is 0 Å². The molecule has 0 bridgehead atoms. The molecule has 7 heteroatoms. The number of piperazine rings is 1. The fourth-order valence-electron chi connectivity index (χ4n) is 5.08. The smallest absolute Gasteiger partial charge is 0.317 e. The van der Waals surface area contributed by atoms with Crippen LogP contribution in [0.4, 0.5) is 10.5 Å². The lowest BCUT2D eigenvalue weighted by Gasteiger charge is -2.38. The van der Waals surface area contributed by atoms with Gasteiger partial charge in [0.25, 0.3) is 0 Å². The van der Waals surface area contributed by atoms with Crippen LogP contribution >= 0.6 is 11.6 Å². The molecule has 0 aromatic heterocycles. The fraction of sp³-hybridized carbons (Fsp3) is 0.708. The summed E-state index contributed by atoms with van der Waals surface area (Å²) >= 11 is 6.52. The standard InChI is InChI=1S/C24H37ClN4O2/c1-19-3-2-4-22(23(19)25)28-13-11-27(12-14-28)10-9-20-5-7-21(8-6-20)26-24(30)29-15-17-31-18-16-29/h2-4,20-21H,5-18H2,1H3,(H,26,30). The van der Waals surface area contributed by atoms with E-state index in [0.717, 1.165) is 55.5 Å². The number of anilines is 1. The van der Waals surface area contributed by atoms with Crippen LogP contribution in [0.5, 0.6) is 0 Å². The molecular weight excluding hydrogens is 412 g/mol. The first-order valence-corrected chi connectivity index (χ1v) is 12.3. The maximum Gasteiger partial charge on any atom is 0.317 e. The molecule has 0 spiro atoms. The molecule has 1 aromatic carbocycles. The lowest BCUT2D eigenvalue weighted by atomic mass is 9.84. The first kappa shape index (κ1) is 22.7. The lowest BCUT2D eigenvalue weighted by Crippen LogP contribution is -2.50. The number of rotatable bonds is 5. The number of aryl methyl sites for hydroxylation is 1. The third-order valence-electron chi connectivity index (χ3n) is 7.21. The highest BCUT2D eigenvalue weighted by molar-refractivity contribution is 6.34. The van der Waals surface area contributed by atoms with Gasteiger partial charge in [0.15, 0.2) is 0 Å². The summed E-state index contributed by atoms with van der Waals surface area (Å²) in [6.07, 6.45) is 5.95. The highest BCUT2D eigenvalue weighted by atomic mass is 35.5. The van der Waals surface area contributed by atoms with Crippen LogP contribution in [0.3, 0.4) is 0 Å². The van der Waals surface area contributed by atoms with Gasteiger partial charge in [0.2, 0.25) is 0 Å². The van der Waals surface area contributed by atoms with Gasteiger partial charge in [-0.05, 0) is 63.1 Å². The summed E-state index contributed by atoms with van der Waals surface area (Å²) in [6, 6.07) is 6.75. The molecule has 2 aliphatic heterocycles. The van der Waals surface area contributed by atoms with E-state index in [0.29, 0.717) is 32.3 Å². The van der Waals surface area contributed by atoms with E-state index in [1.807, 2.05) is 4.90 Å². The average molecular weight is 449 g/mol. The van der Waals surface area contributed by atoms with Crippen LogP contribution in [-0.2, 0) is 4.74 Å². The Balaban J connectivity index is 1.13. The molecule has 2 heterocycles. The summed E-state index contributed by atoms with van der Waals surface area (Å²) in [5, 5.41) is 4.14. The minimum Gasteiger partial charge on any atom is -0.378 e. The molecule has 4 rings (SSSR count). The number of nitrogens with one attached hydrogen (secondary N) is 1. The van der Waals surface area contributed by atoms with E-state index in [1.165, 1.54) is 31.5 Å². The van der Waals surface area contributed by atoms with Gasteiger partial charge in [0.05, 0.1) is 23.9 Å². The van der Waals surface area contributed by atoms with Crippen LogP contribution in [0.2, 0.25) is 5.02 Å². The minimum atomic E-state index is 0.0957. The summed E-state index contributed by atoms with van der Waals surface area (Å²) in [5.74, 6) is 0.792. The van der Waals surface area contributed by atoms with E-state index in [1.54, 1.807) is 0 Å². The predicted octanol–water partition coefficient (Wildman–Crippen LogP) is 3.76. The second-order valence-corrected chi connectivity index (χ2v) is 9.67. The minimum absolute atomic E-state index is 0.0957. The Labute approximate surface area is 191 Å². The molecule has 1 saturated carbocycles. The Morgan fingerprint density at radius 3 is 2.48 bits per heavy atom. The van der Waals surface area contributed by atoms with Crippen LogP contribution < -0.4 is 10.2 Å². The monoisotopic (exact) mass is 448 g/mol. The second kappa shape index (κ2) is 10.9. The third kappa shape index (κ3) is 6.05. The number of benzene rings is 1. The number of nitrogens with zero attached hydrogens (tertiary/aromatic N) is 3. The van der Waals surface area contributed by atoms with Gasteiger partial charge in [0, 0.05) is 45.3 Å². The van der Waals surface area contributed by atoms with Gasteiger partial charge in [0.1, 0.15) is 0 Å². The van der Waals surface area contributed by atoms with Gasteiger partial charge < -0.3 is 19.9 Å². The first-order valence-electron chi connectivity index (χ1n) is 12.0. The summed E-state index contributed by atoms with van der Waals surface area (Å²) in [5.41, 5.74) is 2.33. The number of halogens is 1. The van der Waals surface area contributed by atoms with Gasteiger partial charge in [-0.3, -0.25) is 4.90 Å². The van der Waals surface area contributed by atoms with Gasteiger partial charge in [-0.25, -0.2) is 4.79 Å². The Morgan fingerprint density at radius 1 is 1.06 bits per heavy atom. The topological polar surface area (TPSA) is 48.0 Å². The molecule has 172 valence electrons. The lowest BCUT2D eigenvalue weighted by molar-refractivity contribution is 0.0519. The maximum absolute atomic E-state index is 12.4. The van der Waals surface area contributed by atoms with Crippen molar-refractivity contribution in [2.75, 3.05) is 63.9 Å². The van der Waals surface area contributed by atoms with Gasteiger partial charge in [-0.2, -0.15) is 0 Å². The second-order valence-electron chi connectivity index (χ2n) is 9.29. The molecule has 3 fully saturated rings. The summed E-state index contributed by atoms with van der Waals surface area (Å²) < 4.78 is 5.33. The Kier molecular flexibility index (Phi) is 7.96. The highest BCUT2D eigenvalue weighted by Gasteiger charge is 2.26. The number of urea groups is 1. The first-order chi connectivity index (χ1) is 15.1. The van der Waals surface area contributed by atoms with Crippen LogP contribution in [-0.4, -0.2) is 80.9 Å². The van der Waals surface area contributed by atoms with Gasteiger partial charge >= 0.3 is 6.03 Å². The van der Waals surface area contributed by atoms with Crippen molar-refractivity contribution in [3.8, 4) is 0 Å². The quantitative estimate of drug-likeness (QED) is 0.745. The molecule has 2 saturated heterocycles. The van der Waals surface area contributed by atoms with Crippen molar-refractivity contribution in [3.63, 3.8) is 0 Å². The normalized spacial score (nSPS) is 25.5. The van der Waals surface area contributed by atoms with Crippen molar-refractivity contribution >= 4 is 23.3 Å². The maximum atomic E-state index is 12.4. The number of amides is 2. The predicted molar refractivity (Wildman–Crippen MR) is 126 cm³/mol. The van der Waals surface area contributed by atoms with Crippen molar-refractivity contribution in [1.29, 1.82) is 0 Å². The van der Waals surface area contributed by atoms with Crippen molar-refractivity contribution in [2.45, 2.75) is 45.1 Å². The molecule has 1 aliphatic carbocycles. The molecule has 1 aromatic rings. The number of carbonyl (C=O) groups excluding carboxylic acids is 1. The zero-order valence-corrected chi connectivity index (χ0v) is 19.6. The Morgan fingerprint density at radius 2 is 1.77 bits per heavy atom. The molecule has 0 radical (unpaired) electrons. The SMILES string of the molecule is Cc1cccc(N2CCN(CCC3CCC(NC(=O)N4CCOCC4)CC3)CC2)c1Cl. The molecule has 0 unspecified atom stereocenters. The number of hydrogen-bond donors (Lipinski definition) is 1. The van der Waals surface area contributed by atoms with Crippen LogP contribution in [0.25, 0.3) is 0 Å². The van der Waals surface area contributed by atoms with E-state index in [-0.39, 0.29) is 6.03 Å².